The Balaban J connectivity index is 2.20. The van der Waals surface area contributed by atoms with Crippen LogP contribution < -0.4 is 4.90 Å². The first-order valence-electron chi connectivity index (χ1n) is 7.70. The van der Waals surface area contributed by atoms with E-state index < -0.39 is 0 Å². The Bertz CT molecular complexity index is 483. The standard InChI is InChI=1S/C16H27ClN4/c1-12(2)15-18-10-14(13(9-17)19-15)21(5)11-16(20(3)4)7-6-8-16/h10,12H,6-9,11H2,1-5H3. The predicted molar refractivity (Wildman–Crippen MR) is 89.2 cm³/mol. The van der Waals surface area contributed by atoms with E-state index in [4.69, 9.17) is 11.6 Å². The summed E-state index contributed by atoms with van der Waals surface area (Å²) in [4.78, 5) is 13.8. The Morgan fingerprint density at radius 2 is 1.95 bits per heavy atom. The third kappa shape index (κ3) is 3.32. The van der Waals surface area contributed by atoms with Crippen molar-refractivity contribution < 1.29 is 0 Å². The number of rotatable bonds is 6. The lowest BCUT2D eigenvalue weighted by molar-refractivity contribution is 0.0683. The summed E-state index contributed by atoms with van der Waals surface area (Å²) in [6.07, 6.45) is 5.76. The summed E-state index contributed by atoms with van der Waals surface area (Å²) in [6, 6.07) is 0. The monoisotopic (exact) mass is 310 g/mol. The van der Waals surface area contributed by atoms with Gasteiger partial charge in [-0.25, -0.2) is 9.97 Å². The topological polar surface area (TPSA) is 32.3 Å². The highest BCUT2D eigenvalue weighted by molar-refractivity contribution is 6.17. The third-order valence-electron chi connectivity index (χ3n) is 4.68. The molecule has 0 atom stereocenters. The molecule has 0 N–H and O–H groups in total. The molecule has 1 aliphatic rings. The van der Waals surface area contributed by atoms with E-state index in [1.54, 1.807) is 0 Å². The minimum atomic E-state index is 0.287. The summed E-state index contributed by atoms with van der Waals surface area (Å²) in [5, 5.41) is 0. The number of hydrogen-bond donors (Lipinski definition) is 0. The molecular formula is C16H27ClN4. The highest BCUT2D eigenvalue weighted by Crippen LogP contribution is 2.37. The molecule has 0 bridgehead atoms. The molecule has 1 fully saturated rings. The third-order valence-corrected chi connectivity index (χ3v) is 4.94. The Morgan fingerprint density at radius 1 is 1.29 bits per heavy atom. The molecule has 21 heavy (non-hydrogen) atoms. The predicted octanol–water partition coefficient (Wildman–Crippen LogP) is 3.26. The second kappa shape index (κ2) is 6.49. The molecule has 0 spiro atoms. The number of alkyl halides is 1. The Morgan fingerprint density at radius 3 is 2.38 bits per heavy atom. The molecule has 2 rings (SSSR count). The first-order valence-corrected chi connectivity index (χ1v) is 8.23. The Hall–Kier alpha value is -0.870. The lowest BCUT2D eigenvalue weighted by atomic mass is 9.75. The fourth-order valence-electron chi connectivity index (χ4n) is 2.98. The second-order valence-electron chi connectivity index (χ2n) is 6.68. The minimum Gasteiger partial charge on any atom is -0.370 e. The minimum absolute atomic E-state index is 0.287. The maximum atomic E-state index is 6.11. The number of anilines is 1. The summed E-state index contributed by atoms with van der Waals surface area (Å²) >= 11 is 6.11. The maximum Gasteiger partial charge on any atom is 0.131 e. The number of aromatic nitrogens is 2. The van der Waals surface area contributed by atoms with Crippen molar-refractivity contribution in [1.82, 2.24) is 14.9 Å². The van der Waals surface area contributed by atoms with Crippen LogP contribution in [0.4, 0.5) is 5.69 Å². The van der Waals surface area contributed by atoms with Gasteiger partial charge in [0.1, 0.15) is 5.82 Å². The van der Waals surface area contributed by atoms with Crippen LogP contribution in [-0.2, 0) is 5.88 Å². The second-order valence-corrected chi connectivity index (χ2v) is 6.94. The van der Waals surface area contributed by atoms with Crippen LogP contribution in [0.5, 0.6) is 0 Å². The van der Waals surface area contributed by atoms with E-state index in [9.17, 15) is 0 Å². The molecule has 0 saturated heterocycles. The molecular weight excluding hydrogens is 284 g/mol. The summed E-state index contributed by atoms with van der Waals surface area (Å²) in [7, 11) is 6.47. The van der Waals surface area contributed by atoms with Gasteiger partial charge in [0.2, 0.25) is 0 Å². The Kier molecular flexibility index (Phi) is 5.10. The molecule has 0 radical (unpaired) electrons. The van der Waals surface area contributed by atoms with E-state index in [2.05, 4.69) is 54.8 Å². The molecule has 4 nitrogen and oxygen atoms in total. The molecule has 1 aliphatic carbocycles. The molecule has 118 valence electrons. The van der Waals surface area contributed by atoms with Gasteiger partial charge in [0.05, 0.1) is 23.5 Å². The zero-order chi connectivity index (χ0) is 15.6. The van der Waals surface area contributed by atoms with Crippen molar-refractivity contribution in [1.29, 1.82) is 0 Å². The van der Waals surface area contributed by atoms with E-state index in [0.29, 0.717) is 11.8 Å². The molecule has 1 aromatic rings. The normalized spacial score (nSPS) is 17.1. The van der Waals surface area contributed by atoms with Gasteiger partial charge in [0, 0.05) is 25.0 Å². The van der Waals surface area contributed by atoms with Crippen LogP contribution in [0.2, 0.25) is 0 Å². The van der Waals surface area contributed by atoms with Gasteiger partial charge in [0.15, 0.2) is 0 Å². The van der Waals surface area contributed by atoms with Gasteiger partial charge in [-0.2, -0.15) is 0 Å². The van der Waals surface area contributed by atoms with Crippen molar-refractivity contribution in [2.24, 2.45) is 0 Å². The average Bonchev–Trinajstić information content (AvgIpc) is 2.41. The lowest BCUT2D eigenvalue weighted by Crippen LogP contribution is -2.56. The van der Waals surface area contributed by atoms with Crippen LogP contribution in [0.1, 0.15) is 50.5 Å². The number of halogens is 1. The van der Waals surface area contributed by atoms with Crippen LogP contribution in [0.3, 0.4) is 0 Å². The van der Waals surface area contributed by atoms with Crippen LogP contribution in [0, 0.1) is 0 Å². The largest absolute Gasteiger partial charge is 0.370 e. The fraction of sp³-hybridized carbons (Fsp3) is 0.750. The van der Waals surface area contributed by atoms with Crippen LogP contribution >= 0.6 is 11.6 Å². The molecule has 0 aliphatic heterocycles. The van der Waals surface area contributed by atoms with Crippen molar-refractivity contribution in [3.8, 4) is 0 Å². The van der Waals surface area contributed by atoms with E-state index in [1.807, 2.05) is 6.20 Å². The summed E-state index contributed by atoms with van der Waals surface area (Å²) in [5.74, 6) is 1.62. The van der Waals surface area contributed by atoms with Gasteiger partial charge in [-0.15, -0.1) is 11.6 Å². The molecule has 0 unspecified atom stereocenters. The van der Waals surface area contributed by atoms with Crippen LogP contribution in [0.15, 0.2) is 6.20 Å². The van der Waals surface area contributed by atoms with Gasteiger partial charge < -0.3 is 9.80 Å². The van der Waals surface area contributed by atoms with E-state index in [1.165, 1.54) is 19.3 Å². The van der Waals surface area contributed by atoms with Crippen molar-refractivity contribution in [2.45, 2.75) is 50.4 Å². The van der Waals surface area contributed by atoms with E-state index in [0.717, 1.165) is 23.8 Å². The maximum absolute atomic E-state index is 6.11. The number of nitrogens with zero attached hydrogens (tertiary/aromatic N) is 4. The van der Waals surface area contributed by atoms with Gasteiger partial charge >= 0.3 is 0 Å². The van der Waals surface area contributed by atoms with E-state index in [-0.39, 0.29) is 5.54 Å². The van der Waals surface area contributed by atoms with Crippen LogP contribution in [-0.4, -0.2) is 48.1 Å². The molecule has 1 heterocycles. The smallest absolute Gasteiger partial charge is 0.131 e. The van der Waals surface area contributed by atoms with Crippen molar-refractivity contribution in [3.63, 3.8) is 0 Å². The summed E-state index contributed by atoms with van der Waals surface area (Å²) in [6.45, 7) is 5.20. The van der Waals surface area contributed by atoms with Gasteiger partial charge in [-0.1, -0.05) is 13.8 Å². The summed E-state index contributed by atoms with van der Waals surface area (Å²) < 4.78 is 0. The van der Waals surface area contributed by atoms with Gasteiger partial charge in [-0.05, 0) is 33.4 Å². The first-order chi connectivity index (χ1) is 9.89. The SMILES string of the molecule is CC(C)c1ncc(N(C)CC2(N(C)C)CCC2)c(CCl)n1. The molecule has 5 heteroatoms. The highest BCUT2D eigenvalue weighted by atomic mass is 35.5. The van der Waals surface area contributed by atoms with E-state index >= 15 is 0 Å². The molecule has 1 aromatic heterocycles. The number of likely N-dealkylation sites (N-methyl/N-ethyl adjacent to an activating group) is 2. The van der Waals surface area contributed by atoms with Crippen LogP contribution in [0.25, 0.3) is 0 Å². The zero-order valence-electron chi connectivity index (χ0n) is 13.9. The number of hydrogen-bond acceptors (Lipinski definition) is 4. The average molecular weight is 311 g/mol. The van der Waals surface area contributed by atoms with Crippen molar-refractivity contribution in [2.75, 3.05) is 32.6 Å². The van der Waals surface area contributed by atoms with Gasteiger partial charge in [-0.3, -0.25) is 0 Å². The molecule has 1 saturated carbocycles. The highest BCUT2D eigenvalue weighted by Gasteiger charge is 2.40. The zero-order valence-corrected chi connectivity index (χ0v) is 14.6. The van der Waals surface area contributed by atoms with Gasteiger partial charge in [0.25, 0.3) is 0 Å². The lowest BCUT2D eigenvalue weighted by Gasteiger charge is -2.49. The molecule has 0 aromatic carbocycles. The van der Waals surface area contributed by atoms with Crippen molar-refractivity contribution in [3.05, 3.63) is 17.7 Å². The molecule has 0 amide bonds. The van der Waals surface area contributed by atoms with Crippen molar-refractivity contribution >= 4 is 17.3 Å². The summed E-state index contributed by atoms with van der Waals surface area (Å²) in [5.41, 5.74) is 2.28. The quantitative estimate of drug-likeness (QED) is 0.755. The Labute approximate surface area is 133 Å². The fourth-order valence-corrected chi connectivity index (χ4v) is 3.18. The first kappa shape index (κ1) is 16.5.